The largest absolute Gasteiger partial charge is 0.392 e. The van der Waals surface area contributed by atoms with E-state index in [1.165, 1.54) is 0 Å². The summed E-state index contributed by atoms with van der Waals surface area (Å²) in [6.45, 7) is -0.0426. The summed E-state index contributed by atoms with van der Waals surface area (Å²) in [6.07, 6.45) is 0. The van der Waals surface area contributed by atoms with Crippen molar-refractivity contribution in [2.24, 2.45) is 0 Å². The Kier molecular flexibility index (Phi) is 4.48. The fourth-order valence-corrected chi connectivity index (χ4v) is 1.84. The first-order chi connectivity index (χ1) is 9.74. The Morgan fingerprint density at radius 3 is 2.35 bits per heavy atom. The molecule has 1 atom stereocenters. The van der Waals surface area contributed by atoms with Crippen molar-refractivity contribution >= 4 is 11.6 Å². The van der Waals surface area contributed by atoms with Gasteiger partial charge in [0.1, 0.15) is 0 Å². The SMILES string of the molecule is N#CC(C(=O)Nc1ccc(CO)cc1)c1ccccc1. The molecule has 0 radical (unpaired) electrons. The normalized spacial score (nSPS) is 11.4. The van der Waals surface area contributed by atoms with E-state index in [-0.39, 0.29) is 12.5 Å². The van der Waals surface area contributed by atoms with E-state index in [0.717, 1.165) is 5.56 Å². The standard InChI is InChI=1S/C16H14N2O2/c17-10-15(13-4-2-1-3-5-13)16(20)18-14-8-6-12(11-19)7-9-14/h1-9,15,19H,11H2,(H,18,20). The second-order valence-corrected chi connectivity index (χ2v) is 4.32. The van der Waals surface area contributed by atoms with E-state index in [1.54, 1.807) is 48.5 Å². The van der Waals surface area contributed by atoms with Gasteiger partial charge < -0.3 is 10.4 Å². The number of aliphatic hydroxyl groups excluding tert-OH is 1. The maximum atomic E-state index is 12.1. The summed E-state index contributed by atoms with van der Waals surface area (Å²) >= 11 is 0. The van der Waals surface area contributed by atoms with Crippen molar-refractivity contribution in [1.82, 2.24) is 0 Å². The number of hydrogen-bond acceptors (Lipinski definition) is 3. The maximum absolute atomic E-state index is 12.1. The molecule has 1 unspecified atom stereocenters. The Hall–Kier alpha value is -2.64. The lowest BCUT2D eigenvalue weighted by molar-refractivity contribution is -0.116. The van der Waals surface area contributed by atoms with Crippen molar-refractivity contribution in [2.75, 3.05) is 5.32 Å². The van der Waals surface area contributed by atoms with Crippen LogP contribution in [0.4, 0.5) is 5.69 Å². The van der Waals surface area contributed by atoms with Crippen LogP contribution in [0.25, 0.3) is 0 Å². The molecule has 0 aromatic heterocycles. The van der Waals surface area contributed by atoms with Crippen LogP contribution in [0.3, 0.4) is 0 Å². The highest BCUT2D eigenvalue weighted by molar-refractivity contribution is 5.97. The smallest absolute Gasteiger partial charge is 0.246 e. The van der Waals surface area contributed by atoms with E-state index in [0.29, 0.717) is 11.3 Å². The molecule has 0 bridgehead atoms. The number of rotatable bonds is 4. The maximum Gasteiger partial charge on any atom is 0.246 e. The Balaban J connectivity index is 2.12. The molecule has 4 heteroatoms. The summed E-state index contributed by atoms with van der Waals surface area (Å²) < 4.78 is 0. The van der Waals surface area contributed by atoms with Crippen LogP contribution in [0.5, 0.6) is 0 Å². The van der Waals surface area contributed by atoms with Crippen molar-refractivity contribution in [3.8, 4) is 6.07 Å². The van der Waals surface area contributed by atoms with Crippen LogP contribution in [-0.4, -0.2) is 11.0 Å². The first-order valence-electron chi connectivity index (χ1n) is 6.20. The van der Waals surface area contributed by atoms with Crippen LogP contribution < -0.4 is 5.32 Å². The summed E-state index contributed by atoms with van der Waals surface area (Å²) in [5.41, 5.74) is 2.03. The first kappa shape index (κ1) is 13.8. The summed E-state index contributed by atoms with van der Waals surface area (Å²) in [4.78, 5) is 12.1. The molecule has 0 heterocycles. The Labute approximate surface area is 117 Å². The van der Waals surface area contributed by atoms with Crippen LogP contribution in [0.1, 0.15) is 17.0 Å². The second-order valence-electron chi connectivity index (χ2n) is 4.32. The summed E-state index contributed by atoms with van der Waals surface area (Å²) in [5, 5.41) is 20.8. The number of hydrogen-bond donors (Lipinski definition) is 2. The number of benzene rings is 2. The monoisotopic (exact) mass is 266 g/mol. The Morgan fingerprint density at radius 2 is 1.80 bits per heavy atom. The van der Waals surface area contributed by atoms with Gasteiger partial charge in [-0.3, -0.25) is 4.79 Å². The minimum absolute atomic E-state index is 0.0426. The first-order valence-corrected chi connectivity index (χ1v) is 6.20. The fraction of sp³-hybridized carbons (Fsp3) is 0.125. The minimum atomic E-state index is -0.839. The lowest BCUT2D eigenvalue weighted by Crippen LogP contribution is -2.19. The van der Waals surface area contributed by atoms with Gasteiger partial charge in [0, 0.05) is 5.69 Å². The molecule has 0 saturated carbocycles. The average Bonchev–Trinajstić information content (AvgIpc) is 2.50. The molecule has 20 heavy (non-hydrogen) atoms. The van der Waals surface area contributed by atoms with Gasteiger partial charge in [-0.15, -0.1) is 0 Å². The second kappa shape index (κ2) is 6.50. The summed E-state index contributed by atoms with van der Waals surface area (Å²) in [5.74, 6) is -1.20. The molecule has 4 nitrogen and oxygen atoms in total. The van der Waals surface area contributed by atoms with E-state index in [1.807, 2.05) is 12.1 Å². The zero-order chi connectivity index (χ0) is 14.4. The molecule has 0 aliphatic carbocycles. The van der Waals surface area contributed by atoms with Gasteiger partial charge in [0.05, 0.1) is 12.7 Å². The van der Waals surface area contributed by atoms with Gasteiger partial charge in [-0.2, -0.15) is 5.26 Å². The lowest BCUT2D eigenvalue weighted by Gasteiger charge is -2.10. The van der Waals surface area contributed by atoms with Crippen molar-refractivity contribution < 1.29 is 9.90 Å². The van der Waals surface area contributed by atoms with Crippen molar-refractivity contribution in [3.05, 3.63) is 65.7 Å². The highest BCUT2D eigenvalue weighted by atomic mass is 16.3. The number of aliphatic hydroxyl groups is 1. The van der Waals surface area contributed by atoms with Crippen molar-refractivity contribution in [1.29, 1.82) is 5.26 Å². The van der Waals surface area contributed by atoms with Gasteiger partial charge in [-0.25, -0.2) is 0 Å². The number of anilines is 1. The number of nitrogens with one attached hydrogen (secondary N) is 1. The topological polar surface area (TPSA) is 73.1 Å². The molecule has 0 aliphatic rings. The molecule has 2 aromatic carbocycles. The molecule has 1 amide bonds. The van der Waals surface area contributed by atoms with Gasteiger partial charge in [0.25, 0.3) is 0 Å². The Bertz CT molecular complexity index is 615. The minimum Gasteiger partial charge on any atom is -0.392 e. The van der Waals surface area contributed by atoms with Gasteiger partial charge in [0.2, 0.25) is 5.91 Å². The zero-order valence-electron chi connectivity index (χ0n) is 10.8. The molecule has 0 aliphatic heterocycles. The number of nitrogens with zero attached hydrogens (tertiary/aromatic N) is 1. The summed E-state index contributed by atoms with van der Waals surface area (Å²) in [6, 6.07) is 17.8. The molecular formula is C16H14N2O2. The van der Waals surface area contributed by atoms with E-state index < -0.39 is 5.92 Å². The summed E-state index contributed by atoms with van der Waals surface area (Å²) in [7, 11) is 0. The third-order valence-electron chi connectivity index (χ3n) is 2.93. The van der Waals surface area contributed by atoms with Crippen LogP contribution in [0.15, 0.2) is 54.6 Å². The quantitative estimate of drug-likeness (QED) is 0.892. The molecule has 0 spiro atoms. The van der Waals surface area contributed by atoms with E-state index in [4.69, 9.17) is 10.4 Å². The van der Waals surface area contributed by atoms with Crippen LogP contribution in [0.2, 0.25) is 0 Å². The average molecular weight is 266 g/mol. The van der Waals surface area contributed by atoms with Crippen LogP contribution in [0, 0.1) is 11.3 Å². The Morgan fingerprint density at radius 1 is 1.15 bits per heavy atom. The van der Waals surface area contributed by atoms with E-state index in [2.05, 4.69) is 5.32 Å². The fourth-order valence-electron chi connectivity index (χ4n) is 1.84. The molecule has 0 saturated heterocycles. The number of carbonyl (C=O) groups excluding carboxylic acids is 1. The van der Waals surface area contributed by atoms with Gasteiger partial charge in [-0.05, 0) is 23.3 Å². The molecular weight excluding hydrogens is 252 g/mol. The van der Waals surface area contributed by atoms with Gasteiger partial charge in [0.15, 0.2) is 5.92 Å². The van der Waals surface area contributed by atoms with Gasteiger partial charge in [-0.1, -0.05) is 42.5 Å². The molecule has 2 N–H and O–H groups in total. The predicted molar refractivity (Wildman–Crippen MR) is 75.8 cm³/mol. The third kappa shape index (κ3) is 3.22. The van der Waals surface area contributed by atoms with Crippen molar-refractivity contribution in [3.63, 3.8) is 0 Å². The highest BCUT2D eigenvalue weighted by Crippen LogP contribution is 2.18. The molecule has 2 rings (SSSR count). The predicted octanol–water partition coefficient (Wildman–Crippen LogP) is 2.42. The lowest BCUT2D eigenvalue weighted by atomic mass is 10.00. The van der Waals surface area contributed by atoms with Crippen LogP contribution in [-0.2, 0) is 11.4 Å². The molecule has 2 aromatic rings. The van der Waals surface area contributed by atoms with E-state index in [9.17, 15) is 4.79 Å². The van der Waals surface area contributed by atoms with Crippen LogP contribution >= 0.6 is 0 Å². The van der Waals surface area contributed by atoms with Crippen molar-refractivity contribution in [2.45, 2.75) is 12.5 Å². The third-order valence-corrected chi connectivity index (χ3v) is 2.93. The van der Waals surface area contributed by atoms with E-state index >= 15 is 0 Å². The zero-order valence-corrected chi connectivity index (χ0v) is 10.8. The number of nitriles is 1. The number of carbonyl (C=O) groups is 1. The molecule has 0 fully saturated rings. The number of amides is 1. The van der Waals surface area contributed by atoms with Gasteiger partial charge >= 0.3 is 0 Å². The highest BCUT2D eigenvalue weighted by Gasteiger charge is 2.19. The molecule has 100 valence electrons.